The van der Waals surface area contributed by atoms with Gasteiger partial charge in [-0.1, -0.05) is 0 Å². The van der Waals surface area contributed by atoms with Crippen molar-refractivity contribution < 1.29 is 28.0 Å². The maximum Gasteiger partial charge on any atom is 0.405 e. The van der Waals surface area contributed by atoms with Crippen LogP contribution in [-0.2, 0) is 0 Å². The third-order valence-electron chi connectivity index (χ3n) is 2.62. The standard InChI is InChI=1S/C11H11F3N2O4/c1-6-8(15(2)5-11(12,13)14)3-7(10(17)18)4-9(6)16(19)20/h3-4H,5H2,1-2H3,(H,17,18). The number of nitro benzene ring substituents is 1. The van der Waals surface area contributed by atoms with Gasteiger partial charge in [0.2, 0.25) is 0 Å². The Balaban J connectivity index is 3.37. The summed E-state index contributed by atoms with van der Waals surface area (Å²) in [6, 6.07) is 1.80. The Bertz CT molecular complexity index is 557. The average Bonchev–Trinajstić information content (AvgIpc) is 2.25. The molecule has 9 heteroatoms. The number of aromatic carboxylic acids is 1. The second kappa shape index (κ2) is 5.35. The van der Waals surface area contributed by atoms with Crippen LogP contribution in [0.25, 0.3) is 0 Å². The molecule has 0 aliphatic carbocycles. The minimum Gasteiger partial charge on any atom is -0.478 e. The molecule has 1 aromatic rings. The maximum atomic E-state index is 12.3. The van der Waals surface area contributed by atoms with Crippen molar-refractivity contribution in [1.82, 2.24) is 0 Å². The van der Waals surface area contributed by atoms with Gasteiger partial charge in [-0.25, -0.2) is 4.79 Å². The van der Waals surface area contributed by atoms with E-state index in [-0.39, 0.29) is 11.3 Å². The molecule has 0 atom stereocenters. The van der Waals surface area contributed by atoms with E-state index in [0.717, 1.165) is 24.1 Å². The van der Waals surface area contributed by atoms with Gasteiger partial charge in [0.15, 0.2) is 0 Å². The predicted molar refractivity (Wildman–Crippen MR) is 64.1 cm³/mol. The fourth-order valence-electron chi connectivity index (χ4n) is 1.75. The zero-order valence-corrected chi connectivity index (χ0v) is 10.6. The van der Waals surface area contributed by atoms with Crippen LogP contribution in [0.15, 0.2) is 12.1 Å². The summed E-state index contributed by atoms with van der Waals surface area (Å²) in [5.74, 6) is -1.45. The molecule has 1 rings (SSSR count). The summed E-state index contributed by atoms with van der Waals surface area (Å²) in [6.45, 7) is -0.0694. The van der Waals surface area contributed by atoms with Crippen molar-refractivity contribution >= 4 is 17.3 Å². The van der Waals surface area contributed by atoms with E-state index in [9.17, 15) is 28.1 Å². The molecule has 0 aliphatic heterocycles. The number of rotatable bonds is 4. The summed E-state index contributed by atoms with van der Waals surface area (Å²) in [5.41, 5.74) is -1.14. The molecular weight excluding hydrogens is 281 g/mol. The lowest BCUT2D eigenvalue weighted by atomic mass is 10.1. The van der Waals surface area contributed by atoms with Crippen molar-refractivity contribution in [2.45, 2.75) is 13.1 Å². The van der Waals surface area contributed by atoms with Crippen LogP contribution in [0.1, 0.15) is 15.9 Å². The minimum absolute atomic E-state index is 0.0215. The summed E-state index contributed by atoms with van der Waals surface area (Å²) in [5, 5.41) is 19.7. The van der Waals surface area contributed by atoms with Crippen LogP contribution >= 0.6 is 0 Å². The molecule has 0 saturated carbocycles. The topological polar surface area (TPSA) is 83.7 Å². The number of carboxylic acids is 1. The largest absolute Gasteiger partial charge is 0.478 e. The molecular formula is C11H11F3N2O4. The first-order valence-electron chi connectivity index (χ1n) is 5.33. The van der Waals surface area contributed by atoms with Gasteiger partial charge >= 0.3 is 12.1 Å². The van der Waals surface area contributed by atoms with Crippen LogP contribution in [0.2, 0.25) is 0 Å². The van der Waals surface area contributed by atoms with E-state index < -0.39 is 34.9 Å². The van der Waals surface area contributed by atoms with E-state index in [1.54, 1.807) is 0 Å². The molecule has 6 nitrogen and oxygen atoms in total. The monoisotopic (exact) mass is 292 g/mol. The number of anilines is 1. The number of nitro groups is 1. The normalized spacial score (nSPS) is 11.2. The molecule has 0 fully saturated rings. The second-order valence-electron chi connectivity index (χ2n) is 4.17. The molecule has 1 N–H and O–H groups in total. The molecule has 0 aromatic heterocycles. The summed E-state index contributed by atoms with van der Waals surface area (Å²) in [6.07, 6.45) is -4.50. The summed E-state index contributed by atoms with van der Waals surface area (Å²) >= 11 is 0. The smallest absolute Gasteiger partial charge is 0.405 e. The lowest BCUT2D eigenvalue weighted by Gasteiger charge is -2.23. The van der Waals surface area contributed by atoms with Crippen molar-refractivity contribution in [1.29, 1.82) is 0 Å². The highest BCUT2D eigenvalue weighted by Crippen LogP contribution is 2.31. The van der Waals surface area contributed by atoms with Crippen molar-refractivity contribution in [3.63, 3.8) is 0 Å². The predicted octanol–water partition coefficient (Wildman–Crippen LogP) is 2.60. The number of halogens is 3. The van der Waals surface area contributed by atoms with Gasteiger partial charge in [-0.05, 0) is 13.0 Å². The number of carboxylic acid groups (broad SMARTS) is 1. The summed E-state index contributed by atoms with van der Waals surface area (Å²) in [7, 11) is 1.09. The van der Waals surface area contributed by atoms with Crippen molar-refractivity contribution in [3.8, 4) is 0 Å². The highest BCUT2D eigenvalue weighted by atomic mass is 19.4. The van der Waals surface area contributed by atoms with Gasteiger partial charge in [0.1, 0.15) is 6.54 Å². The van der Waals surface area contributed by atoms with Crippen molar-refractivity contribution in [2.24, 2.45) is 0 Å². The number of carbonyl (C=O) groups is 1. The first kappa shape index (κ1) is 15.7. The Kier molecular flexibility index (Phi) is 4.21. The average molecular weight is 292 g/mol. The molecule has 0 saturated heterocycles. The number of hydrogen-bond donors (Lipinski definition) is 1. The Morgan fingerprint density at radius 1 is 1.45 bits per heavy atom. The lowest BCUT2D eigenvalue weighted by molar-refractivity contribution is -0.385. The van der Waals surface area contributed by atoms with E-state index in [1.165, 1.54) is 6.92 Å². The van der Waals surface area contributed by atoms with Crippen LogP contribution in [0, 0.1) is 17.0 Å². The van der Waals surface area contributed by atoms with E-state index in [0.29, 0.717) is 0 Å². The van der Waals surface area contributed by atoms with E-state index in [2.05, 4.69) is 0 Å². The first-order valence-corrected chi connectivity index (χ1v) is 5.33. The second-order valence-corrected chi connectivity index (χ2v) is 4.17. The van der Waals surface area contributed by atoms with Gasteiger partial charge in [-0.15, -0.1) is 0 Å². The fourth-order valence-corrected chi connectivity index (χ4v) is 1.75. The van der Waals surface area contributed by atoms with Gasteiger partial charge in [0.25, 0.3) is 5.69 Å². The molecule has 0 radical (unpaired) electrons. The number of alkyl halides is 3. The molecule has 0 heterocycles. The maximum absolute atomic E-state index is 12.3. The number of nitrogens with zero attached hydrogens (tertiary/aromatic N) is 2. The van der Waals surface area contributed by atoms with Gasteiger partial charge < -0.3 is 10.0 Å². The molecule has 0 spiro atoms. The van der Waals surface area contributed by atoms with E-state index >= 15 is 0 Å². The Morgan fingerprint density at radius 2 is 2.00 bits per heavy atom. The molecule has 110 valence electrons. The third kappa shape index (κ3) is 3.59. The minimum atomic E-state index is -4.50. The van der Waals surface area contributed by atoms with Crippen LogP contribution in [0.5, 0.6) is 0 Å². The molecule has 0 amide bonds. The van der Waals surface area contributed by atoms with Crippen LogP contribution < -0.4 is 4.90 Å². The van der Waals surface area contributed by atoms with Gasteiger partial charge in [0.05, 0.1) is 16.1 Å². The number of benzene rings is 1. The zero-order chi connectivity index (χ0) is 15.7. The third-order valence-corrected chi connectivity index (χ3v) is 2.62. The van der Waals surface area contributed by atoms with Crippen LogP contribution in [-0.4, -0.2) is 35.8 Å². The Morgan fingerprint density at radius 3 is 2.40 bits per heavy atom. The van der Waals surface area contributed by atoms with Crippen LogP contribution in [0.4, 0.5) is 24.5 Å². The SMILES string of the molecule is Cc1c(N(C)CC(F)(F)F)cc(C(=O)O)cc1[N+](=O)[O-]. The summed E-state index contributed by atoms with van der Waals surface area (Å²) in [4.78, 5) is 21.6. The molecule has 0 bridgehead atoms. The van der Waals surface area contributed by atoms with Gasteiger partial charge in [0, 0.05) is 18.8 Å². The molecule has 0 unspecified atom stereocenters. The molecule has 0 aliphatic rings. The van der Waals surface area contributed by atoms with Gasteiger partial charge in [-0.3, -0.25) is 10.1 Å². The van der Waals surface area contributed by atoms with E-state index in [1.807, 2.05) is 0 Å². The fraction of sp³-hybridized carbons (Fsp3) is 0.364. The summed E-state index contributed by atoms with van der Waals surface area (Å²) < 4.78 is 37.0. The first-order chi connectivity index (χ1) is 9.03. The zero-order valence-electron chi connectivity index (χ0n) is 10.6. The lowest BCUT2D eigenvalue weighted by Crippen LogP contribution is -2.31. The molecule has 1 aromatic carbocycles. The van der Waals surface area contributed by atoms with E-state index in [4.69, 9.17) is 5.11 Å². The Labute approximate surface area is 111 Å². The quantitative estimate of drug-likeness (QED) is 0.681. The Hall–Kier alpha value is -2.32. The van der Waals surface area contributed by atoms with Crippen LogP contribution in [0.3, 0.4) is 0 Å². The van der Waals surface area contributed by atoms with Crippen molar-refractivity contribution in [3.05, 3.63) is 33.4 Å². The highest BCUT2D eigenvalue weighted by Gasteiger charge is 2.31. The number of hydrogen-bond acceptors (Lipinski definition) is 4. The molecule has 20 heavy (non-hydrogen) atoms. The van der Waals surface area contributed by atoms with Crippen molar-refractivity contribution in [2.75, 3.05) is 18.5 Å². The highest BCUT2D eigenvalue weighted by molar-refractivity contribution is 5.90. The van der Waals surface area contributed by atoms with Gasteiger partial charge in [-0.2, -0.15) is 13.2 Å².